The zero-order chi connectivity index (χ0) is 9.97. The van der Waals surface area contributed by atoms with Gasteiger partial charge in [0.15, 0.2) is 0 Å². The van der Waals surface area contributed by atoms with E-state index in [0.29, 0.717) is 12.1 Å². The summed E-state index contributed by atoms with van der Waals surface area (Å²) in [6, 6.07) is 12.1. The second kappa shape index (κ2) is 4.14. The van der Waals surface area contributed by atoms with Crippen molar-refractivity contribution in [2.24, 2.45) is 5.92 Å². The van der Waals surface area contributed by atoms with E-state index in [-0.39, 0.29) is 0 Å². The van der Waals surface area contributed by atoms with Crippen molar-refractivity contribution in [2.75, 3.05) is 0 Å². The van der Waals surface area contributed by atoms with Gasteiger partial charge < -0.3 is 5.32 Å². The third-order valence-electron chi connectivity index (χ3n) is 3.19. The summed E-state index contributed by atoms with van der Waals surface area (Å²) >= 11 is 0. The van der Waals surface area contributed by atoms with E-state index < -0.39 is 0 Å². The minimum Gasteiger partial charge on any atom is -0.307 e. The molecule has 76 valence electrons. The summed E-state index contributed by atoms with van der Waals surface area (Å²) in [5.74, 6) is 0.753. The first kappa shape index (κ1) is 9.72. The van der Waals surface area contributed by atoms with Crippen LogP contribution in [0.25, 0.3) is 0 Å². The fourth-order valence-electron chi connectivity index (χ4n) is 2.25. The molecule has 1 fully saturated rings. The molecule has 1 aromatic carbocycles. The van der Waals surface area contributed by atoms with Gasteiger partial charge in [-0.2, -0.15) is 0 Å². The fourth-order valence-corrected chi connectivity index (χ4v) is 2.25. The van der Waals surface area contributed by atoms with E-state index in [9.17, 15) is 0 Å². The molecule has 1 nitrogen and oxygen atoms in total. The smallest absolute Gasteiger partial charge is 0.0323 e. The van der Waals surface area contributed by atoms with Gasteiger partial charge in [0.2, 0.25) is 0 Å². The van der Waals surface area contributed by atoms with Crippen LogP contribution in [0, 0.1) is 5.92 Å². The molecule has 2 atom stereocenters. The Balaban J connectivity index is 2.03. The quantitative estimate of drug-likeness (QED) is 0.753. The van der Waals surface area contributed by atoms with Crippen molar-refractivity contribution in [1.82, 2.24) is 5.32 Å². The van der Waals surface area contributed by atoms with Crippen molar-refractivity contribution < 1.29 is 0 Å². The summed E-state index contributed by atoms with van der Waals surface area (Å²) in [6.07, 6.45) is 2.60. The van der Waals surface area contributed by atoms with Crippen molar-refractivity contribution in [3.05, 3.63) is 35.9 Å². The molecule has 0 aliphatic carbocycles. The maximum atomic E-state index is 3.71. The predicted octanol–water partition coefficient (Wildman–Crippen LogP) is 3.14. The van der Waals surface area contributed by atoms with E-state index in [4.69, 9.17) is 0 Å². The number of rotatable bonds is 2. The highest BCUT2D eigenvalue weighted by atomic mass is 15.0. The molecule has 2 unspecified atom stereocenters. The summed E-state index contributed by atoms with van der Waals surface area (Å²) in [7, 11) is 0. The molecule has 0 aromatic heterocycles. The van der Waals surface area contributed by atoms with Gasteiger partial charge in [-0.1, -0.05) is 44.2 Å². The Morgan fingerprint density at radius 1 is 1.14 bits per heavy atom. The molecule has 1 aliphatic rings. The van der Waals surface area contributed by atoms with E-state index in [0.717, 1.165) is 5.92 Å². The summed E-state index contributed by atoms with van der Waals surface area (Å²) in [4.78, 5) is 0. The van der Waals surface area contributed by atoms with Crippen LogP contribution in [0.15, 0.2) is 30.3 Å². The molecular weight excluding hydrogens is 170 g/mol. The Kier molecular flexibility index (Phi) is 2.87. The van der Waals surface area contributed by atoms with Crippen molar-refractivity contribution in [3.8, 4) is 0 Å². The van der Waals surface area contributed by atoms with Crippen LogP contribution in [0.2, 0.25) is 0 Å². The largest absolute Gasteiger partial charge is 0.307 e. The molecule has 0 amide bonds. The lowest BCUT2D eigenvalue weighted by atomic mass is 10.0. The molecule has 1 saturated heterocycles. The Labute approximate surface area is 86.5 Å². The van der Waals surface area contributed by atoms with Crippen molar-refractivity contribution in [3.63, 3.8) is 0 Å². The number of hydrogen-bond acceptors (Lipinski definition) is 1. The Morgan fingerprint density at radius 3 is 2.43 bits per heavy atom. The molecule has 0 saturated carbocycles. The molecule has 1 heterocycles. The van der Waals surface area contributed by atoms with Gasteiger partial charge in [-0.25, -0.2) is 0 Å². The molecule has 1 aromatic rings. The van der Waals surface area contributed by atoms with Crippen LogP contribution in [-0.2, 0) is 0 Å². The molecule has 0 spiro atoms. The van der Waals surface area contributed by atoms with Crippen LogP contribution < -0.4 is 5.32 Å². The SMILES string of the molecule is CC(C)C1CCC(c2ccccc2)N1. The molecule has 1 N–H and O–H groups in total. The number of benzene rings is 1. The third-order valence-corrected chi connectivity index (χ3v) is 3.19. The van der Waals surface area contributed by atoms with Gasteiger partial charge in [-0.15, -0.1) is 0 Å². The maximum absolute atomic E-state index is 3.71. The normalized spacial score (nSPS) is 27.1. The summed E-state index contributed by atoms with van der Waals surface area (Å²) in [5.41, 5.74) is 1.44. The topological polar surface area (TPSA) is 12.0 Å². The molecule has 1 heteroatoms. The Morgan fingerprint density at radius 2 is 1.86 bits per heavy atom. The van der Waals surface area contributed by atoms with Gasteiger partial charge in [0.25, 0.3) is 0 Å². The standard InChI is InChI=1S/C13H19N/c1-10(2)12-8-9-13(14-12)11-6-4-3-5-7-11/h3-7,10,12-14H,8-9H2,1-2H3. The van der Waals surface area contributed by atoms with E-state index in [2.05, 4.69) is 49.5 Å². The average molecular weight is 189 g/mol. The summed E-state index contributed by atoms with van der Waals surface area (Å²) in [5, 5.41) is 3.71. The van der Waals surface area contributed by atoms with Crippen molar-refractivity contribution in [1.29, 1.82) is 0 Å². The lowest BCUT2D eigenvalue weighted by molar-refractivity contribution is 0.432. The first-order chi connectivity index (χ1) is 6.77. The van der Waals surface area contributed by atoms with Gasteiger partial charge in [-0.05, 0) is 24.3 Å². The molecule has 2 rings (SSSR count). The Bertz CT molecular complexity index is 279. The zero-order valence-corrected chi connectivity index (χ0v) is 9.03. The zero-order valence-electron chi connectivity index (χ0n) is 9.03. The highest BCUT2D eigenvalue weighted by molar-refractivity contribution is 5.20. The lowest BCUT2D eigenvalue weighted by Gasteiger charge is -2.17. The first-order valence-electron chi connectivity index (χ1n) is 5.58. The van der Waals surface area contributed by atoms with Crippen molar-refractivity contribution in [2.45, 2.75) is 38.8 Å². The average Bonchev–Trinajstić information content (AvgIpc) is 2.68. The predicted molar refractivity (Wildman–Crippen MR) is 60.2 cm³/mol. The molecular formula is C13H19N. The van der Waals surface area contributed by atoms with Crippen LogP contribution in [0.5, 0.6) is 0 Å². The molecule has 0 radical (unpaired) electrons. The molecule has 0 bridgehead atoms. The summed E-state index contributed by atoms with van der Waals surface area (Å²) < 4.78 is 0. The van der Waals surface area contributed by atoms with Gasteiger partial charge in [0, 0.05) is 12.1 Å². The number of hydrogen-bond donors (Lipinski definition) is 1. The minimum absolute atomic E-state index is 0.587. The first-order valence-corrected chi connectivity index (χ1v) is 5.58. The van der Waals surface area contributed by atoms with Crippen LogP contribution in [-0.4, -0.2) is 6.04 Å². The third kappa shape index (κ3) is 1.98. The van der Waals surface area contributed by atoms with E-state index in [1.807, 2.05) is 0 Å². The van der Waals surface area contributed by atoms with Crippen LogP contribution >= 0.6 is 0 Å². The van der Waals surface area contributed by atoms with Crippen molar-refractivity contribution >= 4 is 0 Å². The second-order valence-corrected chi connectivity index (χ2v) is 4.56. The molecule has 1 aliphatic heterocycles. The van der Waals surface area contributed by atoms with E-state index in [1.54, 1.807) is 0 Å². The van der Waals surface area contributed by atoms with E-state index >= 15 is 0 Å². The van der Waals surface area contributed by atoms with Crippen LogP contribution in [0.4, 0.5) is 0 Å². The Hall–Kier alpha value is -0.820. The molecule has 14 heavy (non-hydrogen) atoms. The van der Waals surface area contributed by atoms with Gasteiger partial charge in [-0.3, -0.25) is 0 Å². The van der Waals surface area contributed by atoms with Gasteiger partial charge in [0.1, 0.15) is 0 Å². The fraction of sp³-hybridized carbons (Fsp3) is 0.538. The minimum atomic E-state index is 0.587. The second-order valence-electron chi connectivity index (χ2n) is 4.56. The van der Waals surface area contributed by atoms with Crippen LogP contribution in [0.1, 0.15) is 38.3 Å². The van der Waals surface area contributed by atoms with Gasteiger partial charge >= 0.3 is 0 Å². The highest BCUT2D eigenvalue weighted by Gasteiger charge is 2.26. The summed E-state index contributed by atoms with van der Waals surface area (Å²) in [6.45, 7) is 4.59. The number of nitrogens with one attached hydrogen (secondary N) is 1. The van der Waals surface area contributed by atoms with Crippen LogP contribution in [0.3, 0.4) is 0 Å². The highest BCUT2D eigenvalue weighted by Crippen LogP contribution is 2.28. The monoisotopic (exact) mass is 189 g/mol. The lowest BCUT2D eigenvalue weighted by Crippen LogP contribution is -2.28. The maximum Gasteiger partial charge on any atom is 0.0323 e. The van der Waals surface area contributed by atoms with E-state index in [1.165, 1.54) is 18.4 Å². The van der Waals surface area contributed by atoms with Gasteiger partial charge in [0.05, 0.1) is 0 Å².